The molecule has 0 radical (unpaired) electrons. The first-order chi connectivity index (χ1) is 15.1. The Kier molecular flexibility index (Phi) is 7.31. The van der Waals surface area contributed by atoms with Crippen LogP contribution in [0.15, 0.2) is 32.0 Å². The lowest BCUT2D eigenvalue weighted by atomic mass is 10.2. The second-order valence-electron chi connectivity index (χ2n) is 7.34. The lowest BCUT2D eigenvalue weighted by Crippen LogP contribution is -2.38. The summed E-state index contributed by atoms with van der Waals surface area (Å²) in [6, 6.07) is 4.11. The molecular formula is C19H24N4O7S2. The third kappa shape index (κ3) is 5.34. The van der Waals surface area contributed by atoms with E-state index < -0.39 is 39.8 Å². The summed E-state index contributed by atoms with van der Waals surface area (Å²) >= 11 is 0.999. The van der Waals surface area contributed by atoms with Gasteiger partial charge in [0, 0.05) is 38.1 Å². The summed E-state index contributed by atoms with van der Waals surface area (Å²) < 4.78 is 33.9. The largest absolute Gasteiger partial charge is 0.455 e. The molecular weight excluding hydrogens is 460 g/mol. The SMILES string of the molecule is Cn1c(NC(=O)COC(=O)Cc2ccc(S(=O)(=O)N3CCCCC3)s2)cc(=O)n(C)c1=O. The molecule has 0 unspecified atom stereocenters. The van der Waals surface area contributed by atoms with Crippen LogP contribution < -0.4 is 16.6 Å². The average Bonchev–Trinajstić information content (AvgIpc) is 3.24. The molecule has 174 valence electrons. The highest BCUT2D eigenvalue weighted by atomic mass is 32.2. The first-order valence-corrected chi connectivity index (χ1v) is 12.2. The summed E-state index contributed by atoms with van der Waals surface area (Å²) in [4.78, 5) is 48.2. The van der Waals surface area contributed by atoms with Gasteiger partial charge in [-0.3, -0.25) is 23.5 Å². The molecule has 32 heavy (non-hydrogen) atoms. The lowest BCUT2D eigenvalue weighted by molar-refractivity contribution is -0.146. The quantitative estimate of drug-likeness (QED) is 0.548. The van der Waals surface area contributed by atoms with Crippen LogP contribution in [0.3, 0.4) is 0 Å². The fourth-order valence-electron chi connectivity index (χ4n) is 3.20. The van der Waals surface area contributed by atoms with Crippen molar-refractivity contribution in [3.05, 3.63) is 43.9 Å². The predicted octanol–water partition coefficient (Wildman–Crippen LogP) is 0.0445. The molecule has 0 bridgehead atoms. The number of hydrogen-bond acceptors (Lipinski definition) is 8. The molecule has 1 fully saturated rings. The molecule has 1 saturated heterocycles. The van der Waals surface area contributed by atoms with Gasteiger partial charge in [0.05, 0.1) is 6.42 Å². The van der Waals surface area contributed by atoms with Crippen molar-refractivity contribution in [2.75, 3.05) is 25.0 Å². The second-order valence-corrected chi connectivity index (χ2v) is 10.7. The summed E-state index contributed by atoms with van der Waals surface area (Å²) in [7, 11) is -0.875. The number of anilines is 1. The van der Waals surface area contributed by atoms with Gasteiger partial charge in [-0.05, 0) is 25.0 Å². The number of nitrogens with zero attached hydrogens (tertiary/aromatic N) is 3. The summed E-state index contributed by atoms with van der Waals surface area (Å²) in [5, 5.41) is 2.35. The molecule has 0 aliphatic carbocycles. The molecule has 1 aliphatic heterocycles. The molecule has 3 heterocycles. The van der Waals surface area contributed by atoms with Gasteiger partial charge in [0.1, 0.15) is 10.0 Å². The summed E-state index contributed by atoms with van der Waals surface area (Å²) in [6.07, 6.45) is 2.49. The van der Waals surface area contributed by atoms with Crippen LogP contribution in [0.5, 0.6) is 0 Å². The minimum Gasteiger partial charge on any atom is -0.455 e. The fraction of sp³-hybridized carbons (Fsp3) is 0.474. The molecule has 0 saturated carbocycles. The van der Waals surface area contributed by atoms with Crippen LogP contribution in [-0.2, 0) is 44.9 Å². The maximum Gasteiger partial charge on any atom is 0.332 e. The first kappa shape index (κ1) is 23.9. The van der Waals surface area contributed by atoms with E-state index in [4.69, 9.17) is 4.74 Å². The van der Waals surface area contributed by atoms with Crippen molar-refractivity contribution < 1.29 is 22.7 Å². The minimum absolute atomic E-state index is 0.0232. The van der Waals surface area contributed by atoms with E-state index in [0.717, 1.165) is 45.8 Å². The van der Waals surface area contributed by atoms with Gasteiger partial charge in [-0.1, -0.05) is 6.42 Å². The Morgan fingerprint density at radius 1 is 1.09 bits per heavy atom. The summed E-state index contributed by atoms with van der Waals surface area (Å²) in [5.74, 6) is -1.45. The lowest BCUT2D eigenvalue weighted by Gasteiger charge is -2.25. The number of nitrogens with one attached hydrogen (secondary N) is 1. The van der Waals surface area contributed by atoms with E-state index in [1.807, 2.05) is 0 Å². The highest BCUT2D eigenvalue weighted by Gasteiger charge is 2.27. The van der Waals surface area contributed by atoms with Crippen molar-refractivity contribution in [1.29, 1.82) is 0 Å². The van der Waals surface area contributed by atoms with Gasteiger partial charge in [-0.15, -0.1) is 11.3 Å². The molecule has 3 rings (SSSR count). The minimum atomic E-state index is -3.57. The molecule has 0 atom stereocenters. The number of ether oxygens (including phenoxy) is 1. The Hall–Kier alpha value is -2.77. The number of hydrogen-bond donors (Lipinski definition) is 1. The second kappa shape index (κ2) is 9.79. The Labute approximate surface area is 188 Å². The molecule has 1 amide bonds. The zero-order valence-corrected chi connectivity index (χ0v) is 19.3. The Morgan fingerprint density at radius 2 is 1.78 bits per heavy atom. The van der Waals surface area contributed by atoms with E-state index in [2.05, 4.69) is 5.32 Å². The molecule has 1 N–H and O–H groups in total. The van der Waals surface area contributed by atoms with Crippen molar-refractivity contribution >= 4 is 39.1 Å². The van der Waals surface area contributed by atoms with E-state index in [0.29, 0.717) is 18.0 Å². The summed E-state index contributed by atoms with van der Waals surface area (Å²) in [5.41, 5.74) is -1.20. The molecule has 13 heteroatoms. The standard InChI is InChI=1S/C19H24N4O7S2/c1-21-14(11-16(25)22(2)19(21)27)20-15(24)12-30-17(26)10-13-6-7-18(31-13)32(28,29)23-8-4-3-5-9-23/h6-7,11H,3-5,8-10,12H2,1-2H3,(H,20,24). The van der Waals surface area contributed by atoms with Crippen LogP contribution in [0.1, 0.15) is 24.1 Å². The van der Waals surface area contributed by atoms with Gasteiger partial charge in [0.2, 0.25) is 0 Å². The molecule has 0 aromatic carbocycles. The van der Waals surface area contributed by atoms with Gasteiger partial charge >= 0.3 is 11.7 Å². The molecule has 11 nitrogen and oxygen atoms in total. The Morgan fingerprint density at radius 3 is 2.47 bits per heavy atom. The number of carbonyl (C=O) groups is 2. The van der Waals surface area contributed by atoms with Gasteiger partial charge in [0.15, 0.2) is 6.61 Å². The number of piperidine rings is 1. The summed E-state index contributed by atoms with van der Waals surface area (Å²) in [6.45, 7) is 0.365. The topological polar surface area (TPSA) is 137 Å². The maximum atomic E-state index is 12.7. The van der Waals surface area contributed by atoms with E-state index in [1.165, 1.54) is 24.5 Å². The number of aromatic nitrogens is 2. The smallest absolute Gasteiger partial charge is 0.332 e. The molecule has 1 aliphatic rings. The predicted molar refractivity (Wildman–Crippen MR) is 117 cm³/mol. The van der Waals surface area contributed by atoms with Crippen LogP contribution in [0.25, 0.3) is 0 Å². The van der Waals surface area contributed by atoms with Gasteiger partial charge in [0.25, 0.3) is 21.5 Å². The zero-order chi connectivity index (χ0) is 23.5. The van der Waals surface area contributed by atoms with Crippen LogP contribution >= 0.6 is 11.3 Å². The number of rotatable bonds is 7. The van der Waals surface area contributed by atoms with Crippen molar-refractivity contribution in [2.24, 2.45) is 14.1 Å². The number of thiophene rings is 1. The normalized spacial score (nSPS) is 14.8. The molecule has 0 spiro atoms. The van der Waals surface area contributed by atoms with Crippen molar-refractivity contribution in [3.63, 3.8) is 0 Å². The van der Waals surface area contributed by atoms with Crippen LogP contribution in [0, 0.1) is 0 Å². The monoisotopic (exact) mass is 484 g/mol. The average molecular weight is 485 g/mol. The van der Waals surface area contributed by atoms with Crippen molar-refractivity contribution in [1.82, 2.24) is 13.4 Å². The third-order valence-electron chi connectivity index (χ3n) is 5.02. The number of amides is 1. The Bertz CT molecular complexity index is 1240. The van der Waals surface area contributed by atoms with Gasteiger partial charge in [-0.2, -0.15) is 4.31 Å². The zero-order valence-electron chi connectivity index (χ0n) is 17.7. The van der Waals surface area contributed by atoms with E-state index in [-0.39, 0.29) is 16.4 Å². The number of sulfonamides is 1. The molecule has 2 aromatic rings. The first-order valence-electron chi connectivity index (χ1n) is 9.91. The third-order valence-corrected chi connectivity index (χ3v) is 8.47. The van der Waals surface area contributed by atoms with Gasteiger partial charge < -0.3 is 10.1 Å². The fourth-order valence-corrected chi connectivity index (χ4v) is 6.21. The number of esters is 1. The highest BCUT2D eigenvalue weighted by Crippen LogP contribution is 2.27. The molecule has 2 aromatic heterocycles. The van der Waals surface area contributed by atoms with Crippen molar-refractivity contribution in [3.8, 4) is 0 Å². The van der Waals surface area contributed by atoms with Gasteiger partial charge in [-0.25, -0.2) is 13.2 Å². The van der Waals surface area contributed by atoms with Crippen LogP contribution in [0.4, 0.5) is 5.82 Å². The van der Waals surface area contributed by atoms with Crippen molar-refractivity contribution in [2.45, 2.75) is 29.9 Å². The Balaban J connectivity index is 1.55. The van der Waals surface area contributed by atoms with E-state index in [1.54, 1.807) is 6.07 Å². The van der Waals surface area contributed by atoms with Crippen LogP contribution in [-0.4, -0.2) is 53.4 Å². The van der Waals surface area contributed by atoms with E-state index in [9.17, 15) is 27.6 Å². The maximum absolute atomic E-state index is 12.7. The van der Waals surface area contributed by atoms with E-state index >= 15 is 0 Å². The number of carbonyl (C=O) groups excluding carboxylic acids is 2. The van der Waals surface area contributed by atoms with Crippen LogP contribution in [0.2, 0.25) is 0 Å². The highest BCUT2D eigenvalue weighted by molar-refractivity contribution is 7.91.